The van der Waals surface area contributed by atoms with Crippen LogP contribution in [0.15, 0.2) is 33.4 Å². The molecule has 122 valence electrons. The molecule has 0 bridgehead atoms. The zero-order chi connectivity index (χ0) is 16.4. The molecule has 1 saturated carbocycles. The zero-order valence-corrected chi connectivity index (χ0v) is 12.7. The van der Waals surface area contributed by atoms with Gasteiger partial charge in [0.15, 0.2) is 11.5 Å². The largest absolute Gasteiger partial charge is 0.481 e. The molecular formula is C16H18N2O5. The Bertz CT molecular complexity index is 706. The molecule has 1 fully saturated rings. The molecule has 23 heavy (non-hydrogen) atoms. The number of hydrogen-bond donors (Lipinski definition) is 2. The molecule has 1 amide bonds. The predicted octanol–water partition coefficient (Wildman–Crippen LogP) is 2.70. The number of carboxylic acids is 1. The number of furan rings is 1. The average molecular weight is 318 g/mol. The Morgan fingerprint density at radius 2 is 2.22 bits per heavy atom. The third-order valence-electron chi connectivity index (χ3n) is 4.41. The van der Waals surface area contributed by atoms with E-state index in [1.54, 1.807) is 19.1 Å². The second-order valence-corrected chi connectivity index (χ2v) is 6.06. The highest BCUT2D eigenvalue weighted by atomic mass is 16.5. The minimum absolute atomic E-state index is 0.104. The fourth-order valence-corrected chi connectivity index (χ4v) is 3.12. The Morgan fingerprint density at radius 3 is 2.91 bits per heavy atom. The average Bonchev–Trinajstić information content (AvgIpc) is 3.18. The summed E-state index contributed by atoms with van der Waals surface area (Å²) in [6.45, 7) is 1.77. The van der Waals surface area contributed by atoms with E-state index in [2.05, 4.69) is 10.5 Å². The molecule has 3 rings (SSSR count). The van der Waals surface area contributed by atoms with Gasteiger partial charge >= 0.3 is 5.97 Å². The maximum Gasteiger partial charge on any atom is 0.308 e. The first-order chi connectivity index (χ1) is 11.0. The number of rotatable bonds is 4. The van der Waals surface area contributed by atoms with Gasteiger partial charge in [0, 0.05) is 6.07 Å². The summed E-state index contributed by atoms with van der Waals surface area (Å²) in [7, 11) is 0. The molecule has 7 heteroatoms. The lowest BCUT2D eigenvalue weighted by molar-refractivity contribution is -0.145. The summed E-state index contributed by atoms with van der Waals surface area (Å²) < 4.78 is 10.3. The number of aromatic nitrogens is 1. The third kappa shape index (κ3) is 2.99. The highest BCUT2D eigenvalue weighted by molar-refractivity contribution is 5.94. The standard InChI is InChI=1S/C16H18N2O5/c1-16(7-3-2-5-10(16)15(20)21)17-14(19)11-9-13(23-18-11)12-6-4-8-22-12/h4,6,8-10H,2-3,5,7H2,1H3,(H,17,19)(H,20,21). The summed E-state index contributed by atoms with van der Waals surface area (Å²) in [5.74, 6) is -1.10. The minimum atomic E-state index is -0.885. The van der Waals surface area contributed by atoms with Gasteiger partial charge in [-0.05, 0) is 31.9 Å². The van der Waals surface area contributed by atoms with Crippen molar-refractivity contribution in [2.45, 2.75) is 38.1 Å². The minimum Gasteiger partial charge on any atom is -0.481 e. The maximum atomic E-state index is 12.4. The number of amides is 1. The highest BCUT2D eigenvalue weighted by Gasteiger charge is 2.42. The molecular weight excluding hydrogens is 300 g/mol. The number of nitrogens with zero attached hydrogens (tertiary/aromatic N) is 1. The molecule has 2 aromatic heterocycles. The van der Waals surface area contributed by atoms with Gasteiger partial charge in [0.05, 0.1) is 17.7 Å². The summed E-state index contributed by atoms with van der Waals surface area (Å²) in [5.41, 5.74) is -0.683. The molecule has 0 saturated heterocycles. The molecule has 1 aliphatic rings. The van der Waals surface area contributed by atoms with E-state index in [1.165, 1.54) is 12.3 Å². The van der Waals surface area contributed by atoms with Crippen LogP contribution in [0.25, 0.3) is 11.5 Å². The van der Waals surface area contributed by atoms with Crippen molar-refractivity contribution in [2.75, 3.05) is 0 Å². The van der Waals surface area contributed by atoms with Crippen LogP contribution in [0.3, 0.4) is 0 Å². The predicted molar refractivity (Wildman–Crippen MR) is 79.7 cm³/mol. The summed E-state index contributed by atoms with van der Waals surface area (Å²) in [4.78, 5) is 23.9. The Labute approximate surface area is 132 Å². The van der Waals surface area contributed by atoms with Crippen molar-refractivity contribution < 1.29 is 23.6 Å². The topological polar surface area (TPSA) is 106 Å². The van der Waals surface area contributed by atoms with Crippen LogP contribution in [0, 0.1) is 5.92 Å². The summed E-state index contributed by atoms with van der Waals surface area (Å²) >= 11 is 0. The summed E-state index contributed by atoms with van der Waals surface area (Å²) in [5, 5.41) is 16.0. The quantitative estimate of drug-likeness (QED) is 0.898. The van der Waals surface area contributed by atoms with Crippen LogP contribution in [-0.4, -0.2) is 27.7 Å². The van der Waals surface area contributed by atoms with Gasteiger partial charge in [-0.1, -0.05) is 18.0 Å². The van der Waals surface area contributed by atoms with E-state index in [0.29, 0.717) is 24.4 Å². The van der Waals surface area contributed by atoms with Crippen LogP contribution in [-0.2, 0) is 4.79 Å². The van der Waals surface area contributed by atoms with Gasteiger partial charge in [-0.3, -0.25) is 9.59 Å². The van der Waals surface area contributed by atoms with Crippen LogP contribution in [0.5, 0.6) is 0 Å². The first kappa shape index (κ1) is 15.3. The summed E-state index contributed by atoms with van der Waals surface area (Å²) in [6, 6.07) is 4.89. The fourth-order valence-electron chi connectivity index (χ4n) is 3.12. The van der Waals surface area contributed by atoms with Crippen molar-refractivity contribution in [2.24, 2.45) is 5.92 Å². The van der Waals surface area contributed by atoms with Gasteiger partial charge in [0.1, 0.15) is 0 Å². The fraction of sp³-hybridized carbons (Fsp3) is 0.438. The SMILES string of the molecule is CC1(NC(=O)c2cc(-c3ccco3)on2)CCCCC1C(=O)O. The van der Waals surface area contributed by atoms with Crippen LogP contribution in [0.4, 0.5) is 0 Å². The van der Waals surface area contributed by atoms with Gasteiger partial charge in [-0.2, -0.15) is 0 Å². The van der Waals surface area contributed by atoms with Crippen molar-refractivity contribution in [3.8, 4) is 11.5 Å². The monoisotopic (exact) mass is 318 g/mol. The molecule has 0 aromatic carbocycles. The van der Waals surface area contributed by atoms with Crippen LogP contribution >= 0.6 is 0 Å². The molecule has 2 atom stereocenters. The number of aliphatic carboxylic acids is 1. The number of nitrogens with one attached hydrogen (secondary N) is 1. The normalized spacial score (nSPS) is 24.3. The first-order valence-electron chi connectivity index (χ1n) is 7.55. The Hall–Kier alpha value is -2.57. The van der Waals surface area contributed by atoms with E-state index in [9.17, 15) is 14.7 Å². The van der Waals surface area contributed by atoms with Crippen molar-refractivity contribution in [1.29, 1.82) is 0 Å². The van der Waals surface area contributed by atoms with E-state index >= 15 is 0 Å². The zero-order valence-electron chi connectivity index (χ0n) is 12.7. The third-order valence-corrected chi connectivity index (χ3v) is 4.41. The van der Waals surface area contributed by atoms with E-state index in [1.807, 2.05) is 0 Å². The van der Waals surface area contributed by atoms with Crippen molar-refractivity contribution in [1.82, 2.24) is 10.5 Å². The van der Waals surface area contributed by atoms with Gasteiger partial charge in [0.2, 0.25) is 5.76 Å². The lowest BCUT2D eigenvalue weighted by Crippen LogP contribution is -2.55. The van der Waals surface area contributed by atoms with Crippen LogP contribution < -0.4 is 5.32 Å². The molecule has 7 nitrogen and oxygen atoms in total. The van der Waals surface area contributed by atoms with E-state index in [4.69, 9.17) is 8.94 Å². The summed E-state index contributed by atoms with van der Waals surface area (Å²) in [6.07, 6.45) is 4.42. The van der Waals surface area contributed by atoms with Crippen LogP contribution in [0.1, 0.15) is 43.1 Å². The Balaban J connectivity index is 1.77. The Morgan fingerprint density at radius 1 is 1.39 bits per heavy atom. The van der Waals surface area contributed by atoms with Crippen molar-refractivity contribution >= 4 is 11.9 Å². The second-order valence-electron chi connectivity index (χ2n) is 6.06. The molecule has 0 aliphatic heterocycles. The lowest BCUT2D eigenvalue weighted by atomic mass is 9.74. The number of carbonyl (C=O) groups excluding carboxylic acids is 1. The number of carboxylic acid groups (broad SMARTS) is 1. The van der Waals surface area contributed by atoms with E-state index in [-0.39, 0.29) is 5.69 Å². The van der Waals surface area contributed by atoms with Crippen molar-refractivity contribution in [3.63, 3.8) is 0 Å². The second kappa shape index (κ2) is 5.91. The molecule has 2 heterocycles. The highest BCUT2D eigenvalue weighted by Crippen LogP contribution is 2.34. The molecule has 2 aromatic rings. The Kier molecular flexibility index (Phi) is 3.94. The molecule has 0 spiro atoms. The number of carbonyl (C=O) groups is 2. The van der Waals surface area contributed by atoms with E-state index < -0.39 is 23.3 Å². The lowest BCUT2D eigenvalue weighted by Gasteiger charge is -2.39. The number of hydrogen-bond acceptors (Lipinski definition) is 5. The van der Waals surface area contributed by atoms with Gasteiger partial charge in [-0.25, -0.2) is 0 Å². The first-order valence-corrected chi connectivity index (χ1v) is 7.55. The van der Waals surface area contributed by atoms with Gasteiger partial charge < -0.3 is 19.4 Å². The maximum absolute atomic E-state index is 12.4. The van der Waals surface area contributed by atoms with Gasteiger partial charge in [0.25, 0.3) is 5.91 Å². The van der Waals surface area contributed by atoms with Crippen molar-refractivity contribution in [3.05, 3.63) is 30.2 Å². The molecule has 2 unspecified atom stereocenters. The smallest absolute Gasteiger partial charge is 0.308 e. The molecule has 1 aliphatic carbocycles. The van der Waals surface area contributed by atoms with Gasteiger partial charge in [-0.15, -0.1) is 0 Å². The molecule has 2 N–H and O–H groups in total. The van der Waals surface area contributed by atoms with Crippen LogP contribution in [0.2, 0.25) is 0 Å². The molecule has 0 radical (unpaired) electrons. The van der Waals surface area contributed by atoms with E-state index in [0.717, 1.165) is 12.8 Å².